The topological polar surface area (TPSA) is 69.4 Å². The van der Waals surface area contributed by atoms with E-state index in [0.29, 0.717) is 17.7 Å². The first-order valence-corrected chi connectivity index (χ1v) is 10.0. The number of benzene rings is 2. The molecule has 0 fully saturated rings. The Morgan fingerprint density at radius 2 is 1.79 bits per heavy atom. The highest BCUT2D eigenvalue weighted by Crippen LogP contribution is 2.50. The molecule has 0 heterocycles. The maximum absolute atomic E-state index is 12.2. The minimum Gasteiger partial charge on any atom is -0.497 e. The number of rotatable bonds is 7. The number of nitrogens with zero attached hydrogens (tertiary/aromatic N) is 1. The molecule has 1 aliphatic carbocycles. The molecule has 0 bridgehead atoms. The third-order valence-corrected chi connectivity index (χ3v) is 5.90. The van der Waals surface area contributed by atoms with E-state index in [1.54, 1.807) is 19.2 Å². The van der Waals surface area contributed by atoms with Gasteiger partial charge < -0.3 is 4.74 Å². The summed E-state index contributed by atoms with van der Waals surface area (Å²) in [5, 5.41) is 12.1. The number of aldehydes is 1. The lowest BCUT2D eigenvalue weighted by Crippen LogP contribution is -2.31. The maximum atomic E-state index is 12.2. The summed E-state index contributed by atoms with van der Waals surface area (Å²) >= 11 is 3.42. The van der Waals surface area contributed by atoms with E-state index in [9.17, 15) is 14.9 Å². The highest BCUT2D eigenvalue weighted by atomic mass is 79.9. The molecule has 1 aliphatic rings. The number of hydrogen-bond donors (Lipinski definition) is 0. The van der Waals surface area contributed by atoms with Crippen molar-refractivity contribution in [3.05, 3.63) is 79.8 Å². The van der Waals surface area contributed by atoms with E-state index in [1.807, 2.05) is 43.3 Å². The van der Waals surface area contributed by atoms with Crippen LogP contribution in [0.1, 0.15) is 36.8 Å². The fraction of sp³-hybridized carbons (Fsp3) is 0.318. The van der Waals surface area contributed by atoms with Crippen molar-refractivity contribution in [2.45, 2.75) is 31.7 Å². The number of methoxy groups -OCH3 is 1. The summed E-state index contributed by atoms with van der Waals surface area (Å²) in [5.74, 6) is -0.212. The van der Waals surface area contributed by atoms with Crippen LogP contribution in [0.2, 0.25) is 0 Å². The Bertz CT molecular complexity index is 890. The van der Waals surface area contributed by atoms with Gasteiger partial charge in [-0.2, -0.15) is 0 Å². The average molecular weight is 444 g/mol. The second-order valence-electron chi connectivity index (χ2n) is 6.92. The van der Waals surface area contributed by atoms with Crippen molar-refractivity contribution in [3.8, 4) is 5.75 Å². The maximum Gasteiger partial charge on any atom is 0.230 e. The highest BCUT2D eigenvalue weighted by molar-refractivity contribution is 9.10. The first-order chi connectivity index (χ1) is 13.5. The quantitative estimate of drug-likeness (QED) is 0.332. The van der Waals surface area contributed by atoms with Gasteiger partial charge in [0.05, 0.1) is 18.9 Å². The van der Waals surface area contributed by atoms with Crippen LogP contribution in [0, 0.1) is 16.0 Å². The average Bonchev–Trinajstić information content (AvgIpc) is 3.03. The normalized spacial score (nSPS) is 21.6. The van der Waals surface area contributed by atoms with Gasteiger partial charge in [-0.25, -0.2) is 0 Å². The van der Waals surface area contributed by atoms with Crippen molar-refractivity contribution in [2.24, 2.45) is 5.92 Å². The van der Waals surface area contributed by atoms with Gasteiger partial charge in [0.25, 0.3) is 0 Å². The zero-order chi connectivity index (χ0) is 20.3. The van der Waals surface area contributed by atoms with Crippen molar-refractivity contribution in [2.75, 3.05) is 7.11 Å². The monoisotopic (exact) mass is 443 g/mol. The first-order valence-electron chi connectivity index (χ1n) is 9.24. The molecule has 0 saturated carbocycles. The molecule has 0 spiro atoms. The van der Waals surface area contributed by atoms with Gasteiger partial charge in [0.1, 0.15) is 12.0 Å². The summed E-state index contributed by atoms with van der Waals surface area (Å²) in [6.45, 7) is 2.01. The molecule has 0 aliphatic heterocycles. The van der Waals surface area contributed by atoms with Crippen molar-refractivity contribution in [1.82, 2.24) is 0 Å². The largest absolute Gasteiger partial charge is 0.497 e. The van der Waals surface area contributed by atoms with Crippen molar-refractivity contribution in [3.63, 3.8) is 0 Å². The number of halogens is 1. The zero-order valence-electron chi connectivity index (χ0n) is 15.8. The summed E-state index contributed by atoms with van der Waals surface area (Å²) in [6.07, 6.45) is 2.26. The summed E-state index contributed by atoms with van der Waals surface area (Å²) in [5.41, 5.74) is 2.93. The van der Waals surface area contributed by atoms with Crippen LogP contribution in [-0.2, 0) is 4.79 Å². The van der Waals surface area contributed by atoms with Crippen LogP contribution in [0.15, 0.2) is 58.6 Å². The molecule has 0 aromatic heterocycles. The molecule has 2 aromatic carbocycles. The summed E-state index contributed by atoms with van der Waals surface area (Å²) in [4.78, 5) is 24.1. The Morgan fingerprint density at radius 1 is 1.14 bits per heavy atom. The van der Waals surface area contributed by atoms with Crippen molar-refractivity contribution in [1.29, 1.82) is 0 Å². The standard InChI is InChI=1S/C22H22BrNO4/c1-3-4-18-20(14-5-9-16(23)10-6-14)19(13-25)21(22(18)24(26)27)15-7-11-17(28-2)12-8-15/h5-13,18,21-22H,3-4H2,1-2H3/t18-,21+,22+/m0/s1. The van der Waals surface area contributed by atoms with Gasteiger partial charge in [-0.15, -0.1) is 0 Å². The fourth-order valence-electron chi connectivity index (χ4n) is 4.20. The van der Waals surface area contributed by atoms with Crippen LogP contribution in [0.25, 0.3) is 5.57 Å². The van der Waals surface area contributed by atoms with E-state index in [-0.39, 0.29) is 10.8 Å². The molecule has 6 heteroatoms. The van der Waals surface area contributed by atoms with Crippen LogP contribution in [0.3, 0.4) is 0 Å². The van der Waals surface area contributed by atoms with Gasteiger partial charge in [-0.3, -0.25) is 14.9 Å². The molecular formula is C22H22BrNO4. The van der Waals surface area contributed by atoms with E-state index in [1.165, 1.54) is 0 Å². The van der Waals surface area contributed by atoms with Crippen LogP contribution in [0.4, 0.5) is 0 Å². The van der Waals surface area contributed by atoms with Gasteiger partial charge in [0.2, 0.25) is 6.04 Å². The first kappa shape index (κ1) is 20.3. The Hall–Kier alpha value is -2.47. The Morgan fingerprint density at radius 3 is 2.29 bits per heavy atom. The molecule has 0 saturated heterocycles. The smallest absolute Gasteiger partial charge is 0.230 e. The second-order valence-corrected chi connectivity index (χ2v) is 7.83. The summed E-state index contributed by atoms with van der Waals surface area (Å²) in [6, 6.07) is 14.0. The minimum atomic E-state index is -0.868. The molecule has 0 unspecified atom stereocenters. The van der Waals surface area contributed by atoms with Gasteiger partial charge in [-0.05, 0) is 47.4 Å². The minimum absolute atomic E-state index is 0.218. The van der Waals surface area contributed by atoms with E-state index in [2.05, 4.69) is 15.9 Å². The molecule has 2 aromatic rings. The molecule has 28 heavy (non-hydrogen) atoms. The lowest BCUT2D eigenvalue weighted by Gasteiger charge is -2.20. The fourth-order valence-corrected chi connectivity index (χ4v) is 4.46. The SMILES string of the molecule is CCC[C@H]1C(c2ccc(Br)cc2)=C(C=O)[C@@H](c2ccc(OC)cc2)[C@@H]1[N+](=O)[O-]. The zero-order valence-corrected chi connectivity index (χ0v) is 17.4. The third kappa shape index (κ3) is 3.74. The van der Waals surface area contributed by atoms with Crippen molar-refractivity contribution < 1.29 is 14.5 Å². The number of carbonyl (C=O) groups is 1. The molecule has 146 valence electrons. The number of ether oxygens (including phenoxy) is 1. The van der Waals surface area contributed by atoms with E-state index < -0.39 is 12.0 Å². The van der Waals surface area contributed by atoms with E-state index in [0.717, 1.165) is 33.9 Å². The van der Waals surface area contributed by atoms with E-state index >= 15 is 0 Å². The van der Waals surface area contributed by atoms with Crippen LogP contribution in [0.5, 0.6) is 5.75 Å². The van der Waals surface area contributed by atoms with Gasteiger partial charge in [-0.1, -0.05) is 53.5 Å². The van der Waals surface area contributed by atoms with Crippen LogP contribution in [-0.4, -0.2) is 24.4 Å². The number of carbonyl (C=O) groups excluding carboxylic acids is 1. The Labute approximate surface area is 172 Å². The molecule has 5 nitrogen and oxygen atoms in total. The molecule has 0 amide bonds. The Balaban J connectivity index is 2.20. The predicted octanol–water partition coefficient (Wildman–Crippen LogP) is 5.27. The molecule has 0 radical (unpaired) electrons. The third-order valence-electron chi connectivity index (χ3n) is 5.37. The van der Waals surface area contributed by atoms with Crippen molar-refractivity contribution >= 4 is 27.8 Å². The van der Waals surface area contributed by atoms with Crippen LogP contribution < -0.4 is 4.74 Å². The summed E-state index contributed by atoms with van der Waals surface area (Å²) < 4.78 is 6.12. The highest BCUT2D eigenvalue weighted by Gasteiger charge is 2.50. The number of hydrogen-bond acceptors (Lipinski definition) is 4. The molecule has 3 rings (SSSR count). The Kier molecular flexibility index (Phi) is 6.29. The lowest BCUT2D eigenvalue weighted by molar-refractivity contribution is -0.530. The van der Waals surface area contributed by atoms with Gasteiger partial charge in [0.15, 0.2) is 0 Å². The van der Waals surface area contributed by atoms with E-state index in [4.69, 9.17) is 4.74 Å². The lowest BCUT2D eigenvalue weighted by atomic mass is 9.85. The van der Waals surface area contributed by atoms with Gasteiger partial charge >= 0.3 is 0 Å². The predicted molar refractivity (Wildman–Crippen MR) is 112 cm³/mol. The molecule has 0 N–H and O–H groups in total. The molecule has 3 atom stereocenters. The molecular weight excluding hydrogens is 422 g/mol. The number of nitro groups is 1. The summed E-state index contributed by atoms with van der Waals surface area (Å²) in [7, 11) is 1.57. The second kappa shape index (κ2) is 8.69. The van der Waals surface area contributed by atoms with Crippen LogP contribution >= 0.6 is 15.9 Å². The van der Waals surface area contributed by atoms with Gasteiger partial charge in [0, 0.05) is 15.0 Å².